The van der Waals surface area contributed by atoms with Crippen LogP contribution in [0, 0.1) is 0 Å². The van der Waals surface area contributed by atoms with Gasteiger partial charge in [0.05, 0.1) is 13.3 Å². The van der Waals surface area contributed by atoms with E-state index >= 15 is 0 Å². The average molecular weight is 402 g/mol. The van der Waals surface area contributed by atoms with E-state index in [2.05, 4.69) is 10.3 Å². The average Bonchev–Trinajstić information content (AvgIpc) is 2.78. The van der Waals surface area contributed by atoms with Crippen molar-refractivity contribution in [2.45, 2.75) is 6.61 Å². The third-order valence-corrected chi connectivity index (χ3v) is 4.45. The highest BCUT2D eigenvalue weighted by molar-refractivity contribution is 6.05. The second-order valence-electron chi connectivity index (χ2n) is 6.46. The molecule has 0 saturated heterocycles. The first-order valence-corrected chi connectivity index (χ1v) is 9.18. The lowest BCUT2D eigenvalue weighted by Gasteiger charge is -2.12. The number of nitrogens with zero attached hydrogens (tertiary/aromatic N) is 1. The zero-order valence-corrected chi connectivity index (χ0v) is 16.1. The minimum absolute atomic E-state index is 0.0428. The van der Waals surface area contributed by atoms with Crippen LogP contribution < -0.4 is 20.4 Å². The molecule has 2 aromatic carbocycles. The molecule has 0 unspecified atom stereocenters. The molecule has 0 aliphatic carbocycles. The number of amides is 1. The molecule has 1 N–H and O–H groups in total. The Kier molecular flexibility index (Phi) is 5.43. The van der Waals surface area contributed by atoms with Gasteiger partial charge in [0.1, 0.15) is 12.3 Å². The molecule has 4 aromatic rings. The van der Waals surface area contributed by atoms with Crippen molar-refractivity contribution in [3.05, 3.63) is 94.6 Å². The van der Waals surface area contributed by atoms with Gasteiger partial charge in [0.15, 0.2) is 17.1 Å². The second kappa shape index (κ2) is 8.48. The summed E-state index contributed by atoms with van der Waals surface area (Å²) >= 11 is 0. The van der Waals surface area contributed by atoms with Crippen LogP contribution in [0.25, 0.3) is 11.0 Å². The van der Waals surface area contributed by atoms with E-state index in [0.29, 0.717) is 34.6 Å². The lowest BCUT2D eigenvalue weighted by atomic mass is 10.1. The van der Waals surface area contributed by atoms with Gasteiger partial charge < -0.3 is 19.2 Å². The second-order valence-corrected chi connectivity index (χ2v) is 6.46. The molecule has 7 nitrogen and oxygen atoms in total. The van der Waals surface area contributed by atoms with Crippen LogP contribution in [0.15, 0.2) is 82.3 Å². The van der Waals surface area contributed by atoms with Crippen LogP contribution in [0.5, 0.6) is 11.5 Å². The molecule has 0 spiro atoms. The number of carbonyl (C=O) groups excluding carboxylic acids is 1. The fourth-order valence-electron chi connectivity index (χ4n) is 2.91. The summed E-state index contributed by atoms with van der Waals surface area (Å²) in [5.41, 5.74) is 1.03. The highest BCUT2D eigenvalue weighted by Gasteiger charge is 2.14. The number of hydrogen-bond donors (Lipinski definition) is 1. The fourth-order valence-corrected chi connectivity index (χ4v) is 2.91. The van der Waals surface area contributed by atoms with Gasteiger partial charge in [0.2, 0.25) is 0 Å². The van der Waals surface area contributed by atoms with Crippen molar-refractivity contribution >= 4 is 22.6 Å². The first kappa shape index (κ1) is 19.2. The molecule has 2 aromatic heterocycles. The van der Waals surface area contributed by atoms with Gasteiger partial charge in [-0.15, -0.1) is 0 Å². The molecule has 0 saturated carbocycles. The van der Waals surface area contributed by atoms with Crippen LogP contribution in [-0.4, -0.2) is 18.0 Å². The number of anilines is 1. The van der Waals surface area contributed by atoms with Crippen molar-refractivity contribution in [3.8, 4) is 11.5 Å². The Morgan fingerprint density at radius 2 is 1.90 bits per heavy atom. The van der Waals surface area contributed by atoms with Gasteiger partial charge in [-0.3, -0.25) is 9.78 Å². The molecule has 0 aliphatic rings. The van der Waals surface area contributed by atoms with Crippen LogP contribution in [0.1, 0.15) is 15.9 Å². The summed E-state index contributed by atoms with van der Waals surface area (Å²) in [7, 11) is 1.53. The minimum atomic E-state index is -0.655. The molecule has 1 amide bonds. The number of methoxy groups -OCH3 is 1. The molecule has 7 heteroatoms. The number of nitrogens with one attached hydrogen (secondary N) is 1. The number of hydrogen-bond acceptors (Lipinski definition) is 6. The monoisotopic (exact) mass is 402 g/mol. The van der Waals surface area contributed by atoms with Crippen LogP contribution in [0.3, 0.4) is 0 Å². The van der Waals surface area contributed by atoms with Gasteiger partial charge >= 0.3 is 5.63 Å². The topological polar surface area (TPSA) is 90.7 Å². The Balaban J connectivity index is 1.56. The third kappa shape index (κ3) is 4.15. The fraction of sp³-hybridized carbons (Fsp3) is 0.0870. The maximum atomic E-state index is 12.7. The van der Waals surface area contributed by atoms with Gasteiger partial charge in [-0.25, -0.2) is 4.79 Å². The first-order chi connectivity index (χ1) is 14.6. The Bertz CT molecular complexity index is 1250. The van der Waals surface area contributed by atoms with E-state index < -0.39 is 11.5 Å². The van der Waals surface area contributed by atoms with E-state index in [0.717, 1.165) is 5.56 Å². The van der Waals surface area contributed by atoms with Gasteiger partial charge in [-0.05, 0) is 35.9 Å². The molecule has 0 radical (unpaired) electrons. The predicted molar refractivity (Wildman–Crippen MR) is 112 cm³/mol. The number of aromatic nitrogens is 1. The normalized spacial score (nSPS) is 10.6. The largest absolute Gasteiger partial charge is 0.493 e. The van der Waals surface area contributed by atoms with E-state index in [-0.39, 0.29) is 5.69 Å². The quantitative estimate of drug-likeness (QED) is 0.524. The lowest BCUT2D eigenvalue weighted by molar-refractivity contribution is 0.102. The zero-order chi connectivity index (χ0) is 20.9. The maximum absolute atomic E-state index is 12.7. The Morgan fingerprint density at radius 3 is 2.70 bits per heavy atom. The number of pyridine rings is 1. The van der Waals surface area contributed by atoms with Crippen molar-refractivity contribution in [2.24, 2.45) is 0 Å². The SMILES string of the molecule is COc1ccc(C(=O)Nc2cc3ccncc3oc2=O)cc1OCc1ccccc1. The van der Waals surface area contributed by atoms with Gasteiger partial charge in [-0.2, -0.15) is 0 Å². The van der Waals surface area contributed by atoms with Crippen molar-refractivity contribution in [1.82, 2.24) is 4.98 Å². The summed E-state index contributed by atoms with van der Waals surface area (Å²) in [5, 5.41) is 3.25. The van der Waals surface area contributed by atoms with Crippen molar-refractivity contribution in [2.75, 3.05) is 12.4 Å². The molecular weight excluding hydrogens is 384 g/mol. The Labute approximate surface area is 171 Å². The molecule has 0 aliphatic heterocycles. The molecule has 30 heavy (non-hydrogen) atoms. The summed E-state index contributed by atoms with van der Waals surface area (Å²) in [6, 6.07) is 17.7. The van der Waals surface area contributed by atoms with Crippen molar-refractivity contribution in [1.29, 1.82) is 0 Å². The highest BCUT2D eigenvalue weighted by Crippen LogP contribution is 2.29. The van der Waals surface area contributed by atoms with E-state index in [4.69, 9.17) is 13.9 Å². The third-order valence-electron chi connectivity index (χ3n) is 4.45. The van der Waals surface area contributed by atoms with E-state index in [1.165, 1.54) is 13.3 Å². The summed E-state index contributed by atoms with van der Waals surface area (Å²) in [6.07, 6.45) is 3.02. The molecule has 0 atom stereocenters. The van der Waals surface area contributed by atoms with E-state index in [1.54, 1.807) is 36.5 Å². The Hall–Kier alpha value is -4.13. The van der Waals surface area contributed by atoms with Crippen molar-refractivity contribution in [3.63, 3.8) is 0 Å². The minimum Gasteiger partial charge on any atom is -0.493 e. The predicted octanol–water partition coefficient (Wildman–Crippen LogP) is 4.03. The lowest BCUT2D eigenvalue weighted by Crippen LogP contribution is -2.18. The molecule has 4 rings (SSSR count). The summed E-state index contributed by atoms with van der Waals surface area (Å²) < 4.78 is 16.4. The standard InChI is InChI=1S/C23H18N2O5/c1-28-19-8-7-17(12-20(19)29-14-15-5-3-2-4-6-15)22(26)25-18-11-16-9-10-24-13-21(16)30-23(18)27/h2-13H,14H2,1H3,(H,25,26). The molecule has 2 heterocycles. The van der Waals surface area contributed by atoms with Crippen molar-refractivity contribution < 1.29 is 18.7 Å². The maximum Gasteiger partial charge on any atom is 0.360 e. The number of ether oxygens (including phenoxy) is 2. The molecule has 0 bridgehead atoms. The number of rotatable bonds is 6. The van der Waals surface area contributed by atoms with E-state index in [9.17, 15) is 9.59 Å². The van der Waals surface area contributed by atoms with Crippen LogP contribution in [-0.2, 0) is 6.61 Å². The van der Waals surface area contributed by atoms with Crippen LogP contribution in [0.4, 0.5) is 5.69 Å². The summed E-state index contributed by atoms with van der Waals surface area (Å²) in [5.74, 6) is 0.453. The van der Waals surface area contributed by atoms with Gasteiger partial charge in [0.25, 0.3) is 5.91 Å². The number of benzene rings is 2. The van der Waals surface area contributed by atoms with E-state index in [1.807, 2.05) is 30.3 Å². The summed E-state index contributed by atoms with van der Waals surface area (Å²) in [4.78, 5) is 28.8. The summed E-state index contributed by atoms with van der Waals surface area (Å²) in [6.45, 7) is 0.324. The molecule has 150 valence electrons. The van der Waals surface area contributed by atoms with Crippen LogP contribution in [0.2, 0.25) is 0 Å². The number of fused-ring (bicyclic) bond motifs is 1. The molecular formula is C23H18N2O5. The zero-order valence-electron chi connectivity index (χ0n) is 16.1. The number of carbonyl (C=O) groups is 1. The molecule has 0 fully saturated rings. The smallest absolute Gasteiger partial charge is 0.360 e. The van der Waals surface area contributed by atoms with Crippen LogP contribution >= 0.6 is 0 Å². The Morgan fingerprint density at radius 1 is 1.07 bits per heavy atom. The highest BCUT2D eigenvalue weighted by atomic mass is 16.5. The first-order valence-electron chi connectivity index (χ1n) is 9.18. The van der Waals surface area contributed by atoms with Gasteiger partial charge in [0, 0.05) is 17.1 Å². The van der Waals surface area contributed by atoms with Gasteiger partial charge in [-0.1, -0.05) is 30.3 Å².